The zero-order valence-corrected chi connectivity index (χ0v) is 17.2. The second-order valence-electron chi connectivity index (χ2n) is 7.81. The first kappa shape index (κ1) is 19.8. The largest absolute Gasteiger partial charge is 0.355 e. The number of nitrogens with one attached hydrogen (secondary N) is 1. The molecule has 2 saturated heterocycles. The summed E-state index contributed by atoms with van der Waals surface area (Å²) in [6.45, 7) is 3.42. The number of amides is 1. The Balaban J connectivity index is 1.20. The number of ether oxygens (including phenoxy) is 2. The lowest BCUT2D eigenvalue weighted by Crippen LogP contribution is -2.45. The van der Waals surface area contributed by atoms with E-state index in [1.807, 2.05) is 24.3 Å². The van der Waals surface area contributed by atoms with E-state index in [2.05, 4.69) is 25.4 Å². The van der Waals surface area contributed by atoms with Crippen molar-refractivity contribution in [3.8, 4) is 0 Å². The first-order valence-corrected chi connectivity index (χ1v) is 10.6. The van der Waals surface area contributed by atoms with E-state index in [9.17, 15) is 4.79 Å². The van der Waals surface area contributed by atoms with E-state index < -0.39 is 5.79 Å². The Kier molecular flexibility index (Phi) is 5.47. The quantitative estimate of drug-likeness (QED) is 0.628. The van der Waals surface area contributed by atoms with Crippen molar-refractivity contribution in [2.24, 2.45) is 0 Å². The Morgan fingerprint density at radius 2 is 1.97 bits per heavy atom. The SMILES string of the molecule is O=C(CCc1nnc2ccc(N3CCC4(CC3)OCCO4)nn12)NCc1cccnc1. The van der Waals surface area contributed by atoms with Crippen molar-refractivity contribution < 1.29 is 14.3 Å². The van der Waals surface area contributed by atoms with Gasteiger partial charge in [-0.05, 0) is 23.8 Å². The third kappa shape index (κ3) is 4.35. The van der Waals surface area contributed by atoms with Crippen LogP contribution in [0.1, 0.15) is 30.7 Å². The molecule has 3 aromatic rings. The topological polar surface area (TPSA) is 107 Å². The Hall–Kier alpha value is -3.11. The minimum absolute atomic E-state index is 0.0466. The van der Waals surface area contributed by atoms with E-state index in [1.54, 1.807) is 16.9 Å². The molecule has 1 spiro atoms. The molecule has 2 aliphatic rings. The molecule has 31 heavy (non-hydrogen) atoms. The summed E-state index contributed by atoms with van der Waals surface area (Å²) in [4.78, 5) is 18.5. The Labute approximate surface area is 179 Å². The minimum Gasteiger partial charge on any atom is -0.355 e. The van der Waals surface area contributed by atoms with Crippen LogP contribution in [0, 0.1) is 0 Å². The number of carbonyl (C=O) groups excluding carboxylic acids is 1. The van der Waals surface area contributed by atoms with E-state index in [1.165, 1.54) is 0 Å². The van der Waals surface area contributed by atoms with Gasteiger partial charge in [-0.3, -0.25) is 9.78 Å². The highest BCUT2D eigenvalue weighted by atomic mass is 16.7. The predicted molar refractivity (Wildman–Crippen MR) is 111 cm³/mol. The standard InChI is InChI=1S/C21H25N7O3/c29-20(23-15-16-2-1-9-22-14-16)6-5-18-25-24-17-3-4-19(26-28(17)18)27-10-7-21(8-11-27)30-12-13-31-21/h1-4,9,14H,5-8,10-13,15H2,(H,23,29). The third-order valence-corrected chi connectivity index (χ3v) is 5.76. The average molecular weight is 423 g/mol. The number of piperidine rings is 1. The van der Waals surface area contributed by atoms with Gasteiger partial charge in [-0.2, -0.15) is 4.52 Å². The molecular formula is C21H25N7O3. The van der Waals surface area contributed by atoms with E-state index >= 15 is 0 Å². The number of pyridine rings is 1. The zero-order chi connectivity index (χ0) is 21.1. The molecule has 0 aliphatic carbocycles. The molecule has 2 fully saturated rings. The molecule has 5 heterocycles. The predicted octanol–water partition coefficient (Wildman–Crippen LogP) is 1.11. The second kappa shape index (κ2) is 8.56. The molecule has 1 N–H and O–H groups in total. The molecule has 5 rings (SSSR count). The van der Waals surface area contributed by atoms with Crippen LogP contribution in [0.4, 0.5) is 5.82 Å². The molecule has 3 aromatic heterocycles. The average Bonchev–Trinajstić information content (AvgIpc) is 3.44. The zero-order valence-electron chi connectivity index (χ0n) is 17.2. The van der Waals surface area contributed by atoms with Crippen LogP contribution in [0.5, 0.6) is 0 Å². The number of anilines is 1. The first-order valence-electron chi connectivity index (χ1n) is 10.6. The highest BCUT2D eigenvalue weighted by Crippen LogP contribution is 2.32. The van der Waals surface area contributed by atoms with E-state index in [-0.39, 0.29) is 5.91 Å². The van der Waals surface area contributed by atoms with Crippen LogP contribution in [-0.2, 0) is 27.2 Å². The van der Waals surface area contributed by atoms with Crippen LogP contribution in [-0.4, -0.2) is 62.8 Å². The molecule has 1 amide bonds. The monoisotopic (exact) mass is 423 g/mol. The first-order chi connectivity index (χ1) is 15.2. The number of rotatable bonds is 6. The minimum atomic E-state index is -0.411. The van der Waals surface area contributed by atoms with Crippen molar-refractivity contribution in [1.82, 2.24) is 30.1 Å². The van der Waals surface area contributed by atoms with Crippen LogP contribution < -0.4 is 10.2 Å². The lowest BCUT2D eigenvalue weighted by atomic mass is 10.0. The Bertz CT molecular complexity index is 1040. The van der Waals surface area contributed by atoms with Gasteiger partial charge in [-0.25, -0.2) is 0 Å². The van der Waals surface area contributed by atoms with Gasteiger partial charge < -0.3 is 19.7 Å². The molecule has 162 valence electrons. The smallest absolute Gasteiger partial charge is 0.220 e. The number of hydrogen-bond donors (Lipinski definition) is 1. The Morgan fingerprint density at radius 1 is 1.13 bits per heavy atom. The van der Waals surface area contributed by atoms with Gasteiger partial charge in [0.25, 0.3) is 0 Å². The summed E-state index contributed by atoms with van der Waals surface area (Å²) in [6.07, 6.45) is 5.86. The number of hydrogen-bond acceptors (Lipinski definition) is 8. The van der Waals surface area contributed by atoms with Crippen molar-refractivity contribution in [1.29, 1.82) is 0 Å². The molecule has 10 heteroatoms. The Morgan fingerprint density at radius 3 is 2.74 bits per heavy atom. The van der Waals surface area contributed by atoms with Crippen LogP contribution in [0.25, 0.3) is 5.65 Å². The summed E-state index contributed by atoms with van der Waals surface area (Å²) >= 11 is 0. The van der Waals surface area contributed by atoms with Crippen molar-refractivity contribution >= 4 is 17.4 Å². The van der Waals surface area contributed by atoms with Gasteiger partial charge in [-0.1, -0.05) is 6.07 Å². The van der Waals surface area contributed by atoms with Crippen LogP contribution in [0.3, 0.4) is 0 Å². The fourth-order valence-corrected chi connectivity index (χ4v) is 4.03. The van der Waals surface area contributed by atoms with Gasteiger partial charge in [-0.15, -0.1) is 15.3 Å². The molecule has 0 aromatic carbocycles. The van der Waals surface area contributed by atoms with E-state index in [0.717, 1.165) is 37.3 Å². The summed E-state index contributed by atoms with van der Waals surface area (Å²) in [5.74, 6) is 1.08. The highest BCUT2D eigenvalue weighted by molar-refractivity contribution is 5.76. The van der Waals surface area contributed by atoms with Crippen molar-refractivity contribution in [2.75, 3.05) is 31.2 Å². The molecule has 2 aliphatic heterocycles. The summed E-state index contributed by atoms with van der Waals surface area (Å²) in [7, 11) is 0. The van der Waals surface area contributed by atoms with E-state index in [0.29, 0.717) is 44.1 Å². The number of nitrogens with zero attached hydrogens (tertiary/aromatic N) is 6. The number of fused-ring (bicyclic) bond motifs is 1. The van der Waals surface area contributed by atoms with Gasteiger partial charge in [0.15, 0.2) is 17.3 Å². The van der Waals surface area contributed by atoms with Crippen molar-refractivity contribution in [3.63, 3.8) is 0 Å². The molecule has 10 nitrogen and oxygen atoms in total. The summed E-state index contributed by atoms with van der Waals surface area (Å²) < 4.78 is 13.4. The molecule has 0 saturated carbocycles. The van der Waals surface area contributed by atoms with E-state index in [4.69, 9.17) is 14.6 Å². The maximum atomic E-state index is 12.2. The van der Waals surface area contributed by atoms with Crippen molar-refractivity contribution in [2.45, 2.75) is 38.0 Å². The van der Waals surface area contributed by atoms with Crippen LogP contribution in [0.15, 0.2) is 36.7 Å². The summed E-state index contributed by atoms with van der Waals surface area (Å²) in [5.41, 5.74) is 1.64. The van der Waals surface area contributed by atoms with Gasteiger partial charge in [0.1, 0.15) is 5.82 Å². The van der Waals surface area contributed by atoms with Gasteiger partial charge in [0.05, 0.1) is 13.2 Å². The highest BCUT2D eigenvalue weighted by Gasteiger charge is 2.40. The van der Waals surface area contributed by atoms with Crippen LogP contribution in [0.2, 0.25) is 0 Å². The van der Waals surface area contributed by atoms with Crippen molar-refractivity contribution in [3.05, 3.63) is 48.0 Å². The fraction of sp³-hybridized carbons (Fsp3) is 0.476. The van der Waals surface area contributed by atoms with Gasteiger partial charge in [0.2, 0.25) is 5.91 Å². The lowest BCUT2D eigenvalue weighted by Gasteiger charge is -2.38. The van der Waals surface area contributed by atoms with Gasteiger partial charge in [0, 0.05) is 57.7 Å². The van der Waals surface area contributed by atoms with Gasteiger partial charge >= 0.3 is 0 Å². The second-order valence-corrected chi connectivity index (χ2v) is 7.81. The maximum Gasteiger partial charge on any atom is 0.220 e. The molecule has 0 radical (unpaired) electrons. The maximum absolute atomic E-state index is 12.2. The molecular weight excluding hydrogens is 398 g/mol. The molecule has 0 bridgehead atoms. The van der Waals surface area contributed by atoms with Crippen LogP contribution >= 0.6 is 0 Å². The molecule has 0 atom stereocenters. The molecule has 0 unspecified atom stereocenters. The number of aromatic nitrogens is 5. The number of aryl methyl sites for hydroxylation is 1. The number of carbonyl (C=O) groups is 1. The normalized spacial score (nSPS) is 18.0. The summed E-state index contributed by atoms with van der Waals surface area (Å²) in [5, 5.41) is 16.1. The lowest BCUT2D eigenvalue weighted by molar-refractivity contribution is -0.169. The fourth-order valence-electron chi connectivity index (χ4n) is 4.03. The summed E-state index contributed by atoms with van der Waals surface area (Å²) in [6, 6.07) is 7.65. The third-order valence-electron chi connectivity index (χ3n) is 5.76.